The van der Waals surface area contributed by atoms with Crippen molar-refractivity contribution in [3.05, 3.63) is 48.0 Å². The SMILES string of the molecule is CC(C)/C=C\[C@](O)(C(=O)O[C@@H]1CN2CCC1CC2)c1ccccc1. The molecule has 2 bridgehead atoms. The van der Waals surface area contributed by atoms with E-state index >= 15 is 0 Å². The van der Waals surface area contributed by atoms with Gasteiger partial charge >= 0.3 is 5.97 Å². The number of benzene rings is 1. The molecule has 1 N–H and O–H groups in total. The van der Waals surface area contributed by atoms with Gasteiger partial charge in [-0.15, -0.1) is 0 Å². The molecule has 4 rings (SSSR count). The highest BCUT2D eigenvalue weighted by Crippen LogP contribution is 2.32. The third kappa shape index (κ3) is 3.55. The number of rotatable bonds is 5. The Balaban J connectivity index is 1.81. The van der Waals surface area contributed by atoms with Gasteiger partial charge in [-0.1, -0.05) is 50.3 Å². The van der Waals surface area contributed by atoms with E-state index < -0.39 is 11.6 Å². The zero-order valence-corrected chi connectivity index (χ0v) is 14.5. The molecule has 1 aromatic carbocycles. The van der Waals surface area contributed by atoms with Crippen LogP contribution in [-0.4, -0.2) is 41.7 Å². The number of carbonyl (C=O) groups excluding carboxylic acids is 1. The topological polar surface area (TPSA) is 49.8 Å². The third-order valence-corrected chi connectivity index (χ3v) is 5.10. The lowest BCUT2D eigenvalue weighted by molar-refractivity contribution is -0.176. The predicted octanol–water partition coefficient (Wildman–Crippen LogP) is 2.72. The first-order valence-electron chi connectivity index (χ1n) is 8.90. The Labute approximate surface area is 144 Å². The number of allylic oxidation sites excluding steroid dienone is 1. The molecule has 4 nitrogen and oxygen atoms in total. The minimum atomic E-state index is -1.72. The highest BCUT2D eigenvalue weighted by molar-refractivity contribution is 5.83. The fourth-order valence-corrected chi connectivity index (χ4v) is 3.58. The maximum absolute atomic E-state index is 12.9. The molecular weight excluding hydrogens is 302 g/mol. The Morgan fingerprint density at radius 1 is 1.29 bits per heavy atom. The van der Waals surface area contributed by atoms with Gasteiger partial charge in [0, 0.05) is 6.54 Å². The molecule has 0 amide bonds. The van der Waals surface area contributed by atoms with E-state index in [1.165, 1.54) is 0 Å². The third-order valence-electron chi connectivity index (χ3n) is 5.10. The Bertz CT molecular complexity index is 590. The summed E-state index contributed by atoms with van der Waals surface area (Å²) in [6, 6.07) is 9.05. The van der Waals surface area contributed by atoms with Crippen molar-refractivity contribution in [2.45, 2.75) is 38.4 Å². The molecule has 0 radical (unpaired) electrons. The summed E-state index contributed by atoms with van der Waals surface area (Å²) in [7, 11) is 0. The zero-order chi connectivity index (χ0) is 17.2. The quantitative estimate of drug-likeness (QED) is 0.666. The van der Waals surface area contributed by atoms with Crippen LogP contribution in [0.3, 0.4) is 0 Å². The van der Waals surface area contributed by atoms with Gasteiger partial charge in [0.1, 0.15) is 6.10 Å². The van der Waals surface area contributed by atoms with Crippen LogP contribution < -0.4 is 0 Å². The van der Waals surface area contributed by atoms with E-state index in [0.29, 0.717) is 11.5 Å². The maximum Gasteiger partial charge on any atom is 0.347 e. The molecule has 0 spiro atoms. The molecule has 0 aromatic heterocycles. The van der Waals surface area contributed by atoms with Crippen molar-refractivity contribution < 1.29 is 14.6 Å². The Morgan fingerprint density at radius 3 is 2.50 bits per heavy atom. The van der Waals surface area contributed by atoms with Crippen LogP contribution in [0.1, 0.15) is 32.3 Å². The summed E-state index contributed by atoms with van der Waals surface area (Å²) in [5.74, 6) is 0.0993. The summed E-state index contributed by atoms with van der Waals surface area (Å²) < 4.78 is 5.80. The molecule has 24 heavy (non-hydrogen) atoms. The number of fused-ring (bicyclic) bond motifs is 3. The first-order valence-corrected chi connectivity index (χ1v) is 8.90. The summed E-state index contributed by atoms with van der Waals surface area (Å²) in [5, 5.41) is 11.1. The van der Waals surface area contributed by atoms with Gasteiger partial charge in [0.2, 0.25) is 5.60 Å². The number of hydrogen-bond acceptors (Lipinski definition) is 4. The van der Waals surface area contributed by atoms with Crippen molar-refractivity contribution in [1.82, 2.24) is 4.90 Å². The average Bonchev–Trinajstić information content (AvgIpc) is 2.61. The van der Waals surface area contributed by atoms with Crippen molar-refractivity contribution in [3.8, 4) is 0 Å². The lowest BCUT2D eigenvalue weighted by Gasteiger charge is -2.44. The monoisotopic (exact) mass is 329 g/mol. The van der Waals surface area contributed by atoms with Crippen LogP contribution in [-0.2, 0) is 15.1 Å². The van der Waals surface area contributed by atoms with E-state index in [9.17, 15) is 9.90 Å². The highest BCUT2D eigenvalue weighted by Gasteiger charge is 2.42. The second-order valence-corrected chi connectivity index (χ2v) is 7.32. The predicted molar refractivity (Wildman–Crippen MR) is 93.4 cm³/mol. The Hall–Kier alpha value is -1.65. The van der Waals surface area contributed by atoms with E-state index in [4.69, 9.17) is 4.74 Å². The first kappa shape index (κ1) is 17.2. The number of hydrogen-bond donors (Lipinski definition) is 1. The molecule has 3 saturated heterocycles. The zero-order valence-electron chi connectivity index (χ0n) is 14.5. The first-order chi connectivity index (χ1) is 11.5. The van der Waals surface area contributed by atoms with Crippen molar-refractivity contribution in [1.29, 1.82) is 0 Å². The molecule has 3 aliphatic heterocycles. The lowest BCUT2D eigenvalue weighted by atomic mass is 9.85. The normalized spacial score (nSPS) is 28.9. The second-order valence-electron chi connectivity index (χ2n) is 7.32. The number of esters is 1. The molecule has 0 aliphatic carbocycles. The van der Waals surface area contributed by atoms with Crippen LogP contribution in [0.5, 0.6) is 0 Å². The summed E-state index contributed by atoms with van der Waals surface area (Å²) >= 11 is 0. The number of aliphatic hydroxyl groups is 1. The van der Waals surface area contributed by atoms with E-state index in [-0.39, 0.29) is 12.0 Å². The van der Waals surface area contributed by atoms with E-state index in [1.807, 2.05) is 38.1 Å². The Kier molecular flexibility index (Phi) is 5.07. The maximum atomic E-state index is 12.9. The van der Waals surface area contributed by atoms with Gasteiger partial charge in [0.25, 0.3) is 0 Å². The number of nitrogens with zero attached hydrogens (tertiary/aromatic N) is 1. The summed E-state index contributed by atoms with van der Waals surface area (Å²) in [4.78, 5) is 15.2. The van der Waals surface area contributed by atoms with Gasteiger partial charge in [-0.05, 0) is 49.4 Å². The molecule has 3 fully saturated rings. The molecule has 0 unspecified atom stereocenters. The van der Waals surface area contributed by atoms with E-state index in [0.717, 1.165) is 32.5 Å². The van der Waals surface area contributed by atoms with Crippen molar-refractivity contribution in [2.24, 2.45) is 11.8 Å². The van der Waals surface area contributed by atoms with Gasteiger partial charge in [-0.3, -0.25) is 4.90 Å². The van der Waals surface area contributed by atoms with Crippen LogP contribution in [0, 0.1) is 11.8 Å². The lowest BCUT2D eigenvalue weighted by Crippen LogP contribution is -2.53. The van der Waals surface area contributed by atoms with Crippen LogP contribution in [0.2, 0.25) is 0 Å². The Morgan fingerprint density at radius 2 is 1.96 bits per heavy atom. The summed E-state index contributed by atoms with van der Waals surface area (Å²) in [6.45, 7) is 7.00. The number of carbonyl (C=O) groups is 1. The molecule has 1 aromatic rings. The molecule has 3 aliphatic rings. The average molecular weight is 329 g/mol. The fourth-order valence-electron chi connectivity index (χ4n) is 3.58. The van der Waals surface area contributed by atoms with Crippen LogP contribution in [0.25, 0.3) is 0 Å². The standard InChI is InChI=1S/C20H27NO3/c1-15(2)8-11-20(23,17-6-4-3-5-7-17)19(22)24-18-14-21-12-9-16(18)10-13-21/h3-8,11,15-16,18,23H,9-10,12-14H2,1-2H3/b11-8-/t18-,20-/m1/s1. The van der Waals surface area contributed by atoms with Crippen molar-refractivity contribution in [3.63, 3.8) is 0 Å². The number of ether oxygens (including phenoxy) is 1. The van der Waals surface area contributed by atoms with Gasteiger partial charge < -0.3 is 9.84 Å². The highest BCUT2D eigenvalue weighted by atomic mass is 16.6. The van der Waals surface area contributed by atoms with Gasteiger partial charge in [0.15, 0.2) is 0 Å². The van der Waals surface area contributed by atoms with Crippen LogP contribution in [0.15, 0.2) is 42.5 Å². The van der Waals surface area contributed by atoms with E-state index in [1.54, 1.807) is 18.2 Å². The van der Waals surface area contributed by atoms with Crippen molar-refractivity contribution >= 4 is 5.97 Å². The molecule has 130 valence electrons. The second kappa shape index (κ2) is 7.08. The fraction of sp³-hybridized carbons (Fsp3) is 0.550. The largest absolute Gasteiger partial charge is 0.458 e. The minimum Gasteiger partial charge on any atom is -0.458 e. The summed E-state index contributed by atoms with van der Waals surface area (Å²) in [6.07, 6.45) is 5.47. The van der Waals surface area contributed by atoms with Gasteiger partial charge in [-0.25, -0.2) is 4.79 Å². The van der Waals surface area contributed by atoms with Crippen LogP contribution >= 0.6 is 0 Å². The smallest absolute Gasteiger partial charge is 0.347 e. The molecule has 0 saturated carbocycles. The van der Waals surface area contributed by atoms with Gasteiger partial charge in [-0.2, -0.15) is 0 Å². The van der Waals surface area contributed by atoms with Gasteiger partial charge in [0.05, 0.1) is 0 Å². The molecule has 3 heterocycles. The van der Waals surface area contributed by atoms with Crippen LogP contribution in [0.4, 0.5) is 0 Å². The summed E-state index contributed by atoms with van der Waals surface area (Å²) in [5.41, 5.74) is -1.18. The van der Waals surface area contributed by atoms with E-state index in [2.05, 4.69) is 4.90 Å². The number of piperidine rings is 3. The molecule has 2 atom stereocenters. The minimum absolute atomic E-state index is 0.109. The van der Waals surface area contributed by atoms with Crippen molar-refractivity contribution in [2.75, 3.05) is 19.6 Å². The molecular formula is C20H27NO3. The molecule has 4 heteroatoms.